The highest BCUT2D eigenvalue weighted by Crippen LogP contribution is 2.10. The Morgan fingerprint density at radius 3 is 1.78 bits per heavy atom. The van der Waals surface area contributed by atoms with Crippen LogP contribution in [-0.4, -0.2) is 111 Å². The Bertz CT molecular complexity index is 1030. The van der Waals surface area contributed by atoms with Crippen LogP contribution >= 0.6 is 0 Å². The Labute approximate surface area is 326 Å². The monoisotopic (exact) mass is 769 g/mol. The largest absolute Gasteiger partial charge is 0.481 e. The van der Waals surface area contributed by atoms with Crippen molar-refractivity contribution in [1.29, 1.82) is 0 Å². The lowest BCUT2D eigenvalue weighted by Gasteiger charge is -2.23. The number of unbranched alkanes of at least 4 members (excludes halogenated alkanes) is 5. The lowest BCUT2D eigenvalue weighted by Crippen LogP contribution is -2.37. The normalized spacial score (nSPS) is 10.8. The average Bonchev–Trinajstić information content (AvgIpc) is 3.10. The molecule has 0 fully saturated rings. The number of carbonyl (C=O) groups is 5. The van der Waals surface area contributed by atoms with Gasteiger partial charge in [0.15, 0.2) is 5.88 Å². The van der Waals surface area contributed by atoms with Crippen molar-refractivity contribution in [2.45, 2.75) is 137 Å². The van der Waals surface area contributed by atoms with Crippen LogP contribution in [0.3, 0.4) is 0 Å². The van der Waals surface area contributed by atoms with Crippen molar-refractivity contribution < 1.29 is 38.6 Å². The molecular formula is C40H76N6O8. The van der Waals surface area contributed by atoms with Crippen LogP contribution in [0, 0.1) is 0 Å². The molecule has 0 aliphatic rings. The van der Waals surface area contributed by atoms with E-state index in [-0.39, 0.29) is 36.2 Å². The minimum absolute atomic E-state index is 0.0366. The first kappa shape index (κ1) is 52.5. The Morgan fingerprint density at radius 2 is 1.20 bits per heavy atom. The van der Waals surface area contributed by atoms with Crippen molar-refractivity contribution >= 4 is 30.0 Å². The van der Waals surface area contributed by atoms with Crippen LogP contribution in [0.25, 0.3) is 0 Å². The molecule has 14 nitrogen and oxygen atoms in total. The second-order valence-corrected chi connectivity index (χ2v) is 14.2. The van der Waals surface area contributed by atoms with E-state index in [0.29, 0.717) is 70.7 Å². The summed E-state index contributed by atoms with van der Waals surface area (Å²) in [6.45, 7) is 24.7. The summed E-state index contributed by atoms with van der Waals surface area (Å²) in [5.74, 6) is -0.638. The minimum atomic E-state index is -0.921. The van der Waals surface area contributed by atoms with E-state index in [0.717, 1.165) is 76.9 Å². The first-order valence-electron chi connectivity index (χ1n) is 20.0. The first-order chi connectivity index (χ1) is 25.7. The first-order valence-corrected chi connectivity index (χ1v) is 20.0. The number of nitrogens with zero attached hydrogens (tertiary/aromatic N) is 1. The van der Waals surface area contributed by atoms with Gasteiger partial charge in [0.05, 0.1) is 0 Å². The van der Waals surface area contributed by atoms with E-state index >= 15 is 0 Å². The molecule has 314 valence electrons. The predicted molar refractivity (Wildman–Crippen MR) is 216 cm³/mol. The number of rotatable bonds is 35. The molecule has 54 heavy (non-hydrogen) atoms. The van der Waals surface area contributed by atoms with Crippen LogP contribution in [0.5, 0.6) is 0 Å². The number of aldehydes is 1. The lowest BCUT2D eigenvalue weighted by atomic mass is 10.1. The van der Waals surface area contributed by atoms with Crippen LogP contribution in [-0.2, 0) is 33.4 Å². The van der Waals surface area contributed by atoms with Gasteiger partial charge >= 0.3 is 5.97 Å². The summed E-state index contributed by atoms with van der Waals surface area (Å²) in [5, 5.41) is 23.3. The molecule has 0 saturated carbocycles. The maximum absolute atomic E-state index is 12.3. The minimum Gasteiger partial charge on any atom is -0.481 e. The molecule has 0 aromatic rings. The molecule has 0 bridgehead atoms. The molecule has 0 atom stereocenters. The molecular weight excluding hydrogens is 692 g/mol. The van der Waals surface area contributed by atoms with Crippen LogP contribution in [0.4, 0.5) is 0 Å². The molecule has 0 aromatic carbocycles. The Balaban J connectivity index is 0. The van der Waals surface area contributed by atoms with Crippen molar-refractivity contribution in [1.82, 2.24) is 31.5 Å². The maximum Gasteiger partial charge on any atom is 0.303 e. The van der Waals surface area contributed by atoms with E-state index in [2.05, 4.69) is 58.5 Å². The third-order valence-electron chi connectivity index (χ3n) is 7.64. The average molecular weight is 769 g/mol. The summed E-state index contributed by atoms with van der Waals surface area (Å²) < 4.78 is 10.9. The highest BCUT2D eigenvalue weighted by Gasteiger charge is 2.12. The van der Waals surface area contributed by atoms with Gasteiger partial charge in [0.2, 0.25) is 17.7 Å². The fourth-order valence-corrected chi connectivity index (χ4v) is 4.83. The molecule has 0 radical (unpaired) electrons. The number of carbonyl (C=O) groups excluding carboxylic acids is 4. The Hall–Kier alpha value is -3.65. The summed E-state index contributed by atoms with van der Waals surface area (Å²) in [7, 11) is 0. The molecule has 0 aliphatic carbocycles. The molecule has 0 rings (SSSR count). The van der Waals surface area contributed by atoms with Crippen molar-refractivity contribution in [3.05, 3.63) is 24.7 Å². The standard InChI is InChI=1S/C28H51N5O6.C12H25NO2/c1-3-4-5-6-8-20-33(21-14-24(2)29-16-17-30-25(35)11-7-9-23-34)22-15-27(37)32-19-18-31-26(36)12-10-13-28(38)39;1-6-9-14-10-7-8-13-11(2)15-12(3,4)5/h23,29H,2-22H2,1H3,(H,30,35)(H,31,36)(H,32,37)(H,38,39);13H,2,6-10H2,1,3-5H3. The van der Waals surface area contributed by atoms with Gasteiger partial charge in [0.1, 0.15) is 11.9 Å². The van der Waals surface area contributed by atoms with Crippen molar-refractivity contribution in [2.75, 3.05) is 65.6 Å². The summed E-state index contributed by atoms with van der Waals surface area (Å²) in [6, 6.07) is 0. The van der Waals surface area contributed by atoms with E-state index in [1.807, 2.05) is 20.8 Å². The number of carboxylic acids is 1. The number of hydrogen-bond acceptors (Lipinski definition) is 10. The zero-order chi connectivity index (χ0) is 40.9. The number of carboxylic acid groups (broad SMARTS) is 1. The third-order valence-corrected chi connectivity index (χ3v) is 7.64. The number of amides is 3. The summed E-state index contributed by atoms with van der Waals surface area (Å²) in [6.07, 6.45) is 11.6. The molecule has 3 amide bonds. The zero-order valence-electron chi connectivity index (χ0n) is 34.4. The van der Waals surface area contributed by atoms with Crippen molar-refractivity contribution in [3.63, 3.8) is 0 Å². The SMILES string of the molecule is C=C(CCN(CCCCCCC)CCC(=O)NCCNC(=O)CCCC(=O)O)NCCNC(=O)CCCC=O.C=C(NCCCOCCC)OC(C)(C)C. The molecule has 14 heteroatoms. The summed E-state index contributed by atoms with van der Waals surface area (Å²) in [5.41, 5.74) is 0.702. The zero-order valence-corrected chi connectivity index (χ0v) is 34.4. The van der Waals surface area contributed by atoms with E-state index in [1.165, 1.54) is 19.3 Å². The topological polar surface area (TPSA) is 187 Å². The molecule has 0 aromatic heterocycles. The van der Waals surface area contributed by atoms with Gasteiger partial charge < -0.3 is 50.9 Å². The Kier molecular flexibility index (Phi) is 35.3. The van der Waals surface area contributed by atoms with Gasteiger partial charge in [0, 0.05) is 96.8 Å². The highest BCUT2D eigenvalue weighted by atomic mass is 16.5. The maximum atomic E-state index is 12.3. The van der Waals surface area contributed by atoms with E-state index in [9.17, 15) is 24.0 Å². The van der Waals surface area contributed by atoms with Crippen molar-refractivity contribution in [3.8, 4) is 0 Å². The van der Waals surface area contributed by atoms with E-state index < -0.39 is 5.97 Å². The van der Waals surface area contributed by atoms with Gasteiger partial charge in [-0.1, -0.05) is 46.1 Å². The van der Waals surface area contributed by atoms with Crippen LogP contribution < -0.4 is 26.6 Å². The van der Waals surface area contributed by atoms with Gasteiger partial charge in [-0.3, -0.25) is 19.2 Å². The summed E-state index contributed by atoms with van der Waals surface area (Å²) >= 11 is 0. The highest BCUT2D eigenvalue weighted by molar-refractivity contribution is 5.77. The number of nitrogens with one attached hydrogen (secondary N) is 5. The second-order valence-electron chi connectivity index (χ2n) is 14.2. The smallest absolute Gasteiger partial charge is 0.303 e. The van der Waals surface area contributed by atoms with Crippen molar-refractivity contribution in [2.24, 2.45) is 0 Å². The lowest BCUT2D eigenvalue weighted by molar-refractivity contribution is -0.137. The summed E-state index contributed by atoms with van der Waals surface area (Å²) in [4.78, 5) is 58.8. The fourth-order valence-electron chi connectivity index (χ4n) is 4.83. The molecule has 0 heterocycles. The predicted octanol–water partition coefficient (Wildman–Crippen LogP) is 4.79. The van der Waals surface area contributed by atoms with Gasteiger partial charge in [-0.05, 0) is 72.4 Å². The third kappa shape index (κ3) is 41.1. The van der Waals surface area contributed by atoms with Gasteiger partial charge in [0.25, 0.3) is 0 Å². The van der Waals surface area contributed by atoms with E-state index in [1.54, 1.807) is 0 Å². The quantitative estimate of drug-likeness (QED) is 0.0296. The molecule has 6 N–H and O–H groups in total. The molecule has 0 unspecified atom stereocenters. The number of aliphatic carboxylic acids is 1. The molecule has 0 aliphatic heterocycles. The van der Waals surface area contributed by atoms with Crippen LogP contribution in [0.2, 0.25) is 0 Å². The van der Waals surface area contributed by atoms with E-state index in [4.69, 9.17) is 14.6 Å². The fraction of sp³-hybridized carbons (Fsp3) is 0.775. The molecule has 0 spiro atoms. The molecule has 0 saturated heterocycles. The van der Waals surface area contributed by atoms with Gasteiger partial charge in [-0.2, -0.15) is 0 Å². The van der Waals surface area contributed by atoms with Crippen LogP contribution in [0.15, 0.2) is 24.7 Å². The van der Waals surface area contributed by atoms with Gasteiger partial charge in [-0.15, -0.1) is 0 Å². The number of ether oxygens (including phenoxy) is 2. The Morgan fingerprint density at radius 1 is 0.630 bits per heavy atom. The van der Waals surface area contributed by atoms with Crippen LogP contribution in [0.1, 0.15) is 131 Å². The second kappa shape index (κ2) is 36.3. The van der Waals surface area contributed by atoms with Gasteiger partial charge in [-0.25, -0.2) is 0 Å². The number of hydrogen-bond donors (Lipinski definition) is 6.